The van der Waals surface area contributed by atoms with Crippen molar-refractivity contribution in [3.63, 3.8) is 0 Å². The standard InChI is InChI=1S/C25H26N2O5/c1-15(23(28)27-17-12-16(13-17)24(29)30)10-11-26-25(31)32-14-22-20-8-4-2-6-18(20)19-7-3-5-9-21(19)22/h2-10,16-17,22H,11-14H2,1H3,(H,26,31)(H,27,28)(H,29,30)/b15-10+. The molecule has 2 amide bonds. The van der Waals surface area contributed by atoms with E-state index in [1.165, 1.54) is 11.1 Å². The molecule has 0 aromatic heterocycles. The molecule has 7 heteroatoms. The lowest BCUT2D eigenvalue weighted by Crippen LogP contribution is -2.47. The third-order valence-corrected chi connectivity index (χ3v) is 6.18. The summed E-state index contributed by atoms with van der Waals surface area (Å²) in [5, 5.41) is 14.4. The maximum Gasteiger partial charge on any atom is 0.407 e. The maximum absolute atomic E-state index is 12.2. The Balaban J connectivity index is 1.24. The number of carboxylic acids is 1. The smallest absolute Gasteiger partial charge is 0.407 e. The van der Waals surface area contributed by atoms with Gasteiger partial charge in [0, 0.05) is 24.1 Å². The number of benzene rings is 2. The summed E-state index contributed by atoms with van der Waals surface area (Å²) in [6.45, 7) is 2.05. The summed E-state index contributed by atoms with van der Waals surface area (Å²) in [6.07, 6.45) is 1.97. The van der Waals surface area contributed by atoms with Crippen LogP contribution in [0.15, 0.2) is 60.2 Å². The van der Waals surface area contributed by atoms with Crippen LogP contribution in [-0.4, -0.2) is 42.3 Å². The van der Waals surface area contributed by atoms with Crippen molar-refractivity contribution < 1.29 is 24.2 Å². The fourth-order valence-electron chi connectivity index (χ4n) is 4.27. The Kier molecular flexibility index (Phi) is 6.25. The lowest BCUT2D eigenvalue weighted by Gasteiger charge is -2.32. The molecule has 0 radical (unpaired) electrons. The van der Waals surface area contributed by atoms with Gasteiger partial charge in [0.1, 0.15) is 6.61 Å². The van der Waals surface area contributed by atoms with Crippen LogP contribution in [0.4, 0.5) is 4.79 Å². The van der Waals surface area contributed by atoms with Gasteiger partial charge in [-0.15, -0.1) is 0 Å². The molecule has 0 spiro atoms. The molecule has 2 aromatic carbocycles. The number of carbonyl (C=O) groups excluding carboxylic acids is 2. The molecule has 1 fully saturated rings. The van der Waals surface area contributed by atoms with Crippen molar-refractivity contribution in [3.8, 4) is 11.1 Å². The van der Waals surface area contributed by atoms with E-state index in [0.29, 0.717) is 18.4 Å². The van der Waals surface area contributed by atoms with Crippen molar-refractivity contribution in [2.24, 2.45) is 5.92 Å². The molecule has 3 N–H and O–H groups in total. The number of hydrogen-bond acceptors (Lipinski definition) is 4. The van der Waals surface area contributed by atoms with Crippen molar-refractivity contribution in [2.75, 3.05) is 13.2 Å². The number of fused-ring (bicyclic) bond motifs is 3. The van der Waals surface area contributed by atoms with Crippen LogP contribution in [0, 0.1) is 5.92 Å². The van der Waals surface area contributed by atoms with Gasteiger partial charge in [0.25, 0.3) is 0 Å². The molecule has 0 bridgehead atoms. The first-order chi connectivity index (χ1) is 15.4. The molecule has 32 heavy (non-hydrogen) atoms. The second kappa shape index (κ2) is 9.26. The zero-order chi connectivity index (χ0) is 22.7. The van der Waals surface area contributed by atoms with Crippen LogP contribution in [0.3, 0.4) is 0 Å². The fourth-order valence-corrected chi connectivity index (χ4v) is 4.27. The number of aliphatic carboxylic acids is 1. The second-order valence-electron chi connectivity index (χ2n) is 8.27. The zero-order valence-corrected chi connectivity index (χ0v) is 17.8. The van der Waals surface area contributed by atoms with Gasteiger partial charge >= 0.3 is 12.1 Å². The van der Waals surface area contributed by atoms with Crippen molar-refractivity contribution >= 4 is 18.0 Å². The highest BCUT2D eigenvalue weighted by Crippen LogP contribution is 2.44. The first kappa shape index (κ1) is 21.6. The highest BCUT2D eigenvalue weighted by atomic mass is 16.5. The molecule has 0 saturated heterocycles. The Labute approximate surface area is 186 Å². The molecule has 2 aromatic rings. The highest BCUT2D eigenvalue weighted by Gasteiger charge is 2.35. The van der Waals surface area contributed by atoms with E-state index in [0.717, 1.165) is 11.1 Å². The van der Waals surface area contributed by atoms with Crippen LogP contribution in [0.2, 0.25) is 0 Å². The Hall–Kier alpha value is -3.61. The molecule has 0 aliphatic heterocycles. The van der Waals surface area contributed by atoms with Crippen LogP contribution in [-0.2, 0) is 14.3 Å². The molecule has 0 heterocycles. The van der Waals surface area contributed by atoms with Crippen LogP contribution in [0.25, 0.3) is 11.1 Å². The SMILES string of the molecule is C/C(=C\CNC(=O)OCC1c2ccccc2-c2ccccc21)C(=O)NC1CC(C(=O)O)C1. The van der Waals surface area contributed by atoms with E-state index in [-0.39, 0.29) is 36.9 Å². The van der Waals surface area contributed by atoms with Crippen LogP contribution in [0.1, 0.15) is 36.8 Å². The van der Waals surface area contributed by atoms with E-state index < -0.39 is 12.1 Å². The van der Waals surface area contributed by atoms with E-state index in [1.54, 1.807) is 13.0 Å². The Morgan fingerprint density at radius 3 is 2.22 bits per heavy atom. The monoisotopic (exact) mass is 434 g/mol. The van der Waals surface area contributed by atoms with E-state index in [1.807, 2.05) is 24.3 Å². The van der Waals surface area contributed by atoms with Crippen molar-refractivity contribution in [1.82, 2.24) is 10.6 Å². The summed E-state index contributed by atoms with van der Waals surface area (Å²) >= 11 is 0. The summed E-state index contributed by atoms with van der Waals surface area (Å²) < 4.78 is 5.47. The van der Waals surface area contributed by atoms with E-state index in [2.05, 4.69) is 34.9 Å². The van der Waals surface area contributed by atoms with Gasteiger partial charge in [0.05, 0.1) is 5.92 Å². The topological polar surface area (TPSA) is 105 Å². The first-order valence-corrected chi connectivity index (χ1v) is 10.7. The Morgan fingerprint density at radius 2 is 1.62 bits per heavy atom. The quantitative estimate of drug-likeness (QED) is 0.579. The average molecular weight is 434 g/mol. The normalized spacial score (nSPS) is 19.3. The van der Waals surface area contributed by atoms with Gasteiger partial charge in [-0.05, 0) is 42.0 Å². The predicted octanol–water partition coefficient (Wildman–Crippen LogP) is 3.45. The van der Waals surface area contributed by atoms with Crippen LogP contribution < -0.4 is 10.6 Å². The van der Waals surface area contributed by atoms with Crippen molar-refractivity contribution in [2.45, 2.75) is 31.7 Å². The summed E-state index contributed by atoms with van der Waals surface area (Å²) in [4.78, 5) is 35.2. The maximum atomic E-state index is 12.2. The van der Waals surface area contributed by atoms with Gasteiger partial charge in [0.15, 0.2) is 0 Å². The Morgan fingerprint density at radius 1 is 1.03 bits per heavy atom. The molecule has 166 valence electrons. The van der Waals surface area contributed by atoms with Gasteiger partial charge in [-0.3, -0.25) is 9.59 Å². The average Bonchev–Trinajstić information content (AvgIpc) is 3.07. The molecular formula is C25H26N2O5. The Bertz CT molecular complexity index is 1030. The number of ether oxygens (including phenoxy) is 1. The minimum Gasteiger partial charge on any atom is -0.481 e. The molecule has 4 rings (SSSR count). The van der Waals surface area contributed by atoms with Gasteiger partial charge in [-0.25, -0.2) is 4.79 Å². The third-order valence-electron chi connectivity index (χ3n) is 6.18. The van der Waals surface area contributed by atoms with E-state index in [4.69, 9.17) is 9.84 Å². The molecule has 0 atom stereocenters. The fraction of sp³-hybridized carbons (Fsp3) is 0.320. The number of rotatable bonds is 7. The molecule has 0 unspecified atom stereocenters. The molecule has 7 nitrogen and oxygen atoms in total. The predicted molar refractivity (Wildman–Crippen MR) is 119 cm³/mol. The number of hydrogen-bond donors (Lipinski definition) is 3. The van der Waals surface area contributed by atoms with Gasteiger partial charge in [-0.1, -0.05) is 54.6 Å². The van der Waals surface area contributed by atoms with Crippen molar-refractivity contribution in [1.29, 1.82) is 0 Å². The van der Waals surface area contributed by atoms with Crippen molar-refractivity contribution in [3.05, 3.63) is 71.3 Å². The number of carbonyl (C=O) groups is 3. The highest BCUT2D eigenvalue weighted by molar-refractivity contribution is 5.93. The van der Waals surface area contributed by atoms with Gasteiger partial charge in [0.2, 0.25) is 5.91 Å². The van der Waals surface area contributed by atoms with Crippen LogP contribution >= 0.6 is 0 Å². The summed E-state index contributed by atoms with van der Waals surface area (Å²) in [7, 11) is 0. The van der Waals surface area contributed by atoms with Gasteiger partial charge in [-0.2, -0.15) is 0 Å². The zero-order valence-electron chi connectivity index (χ0n) is 17.8. The summed E-state index contributed by atoms with van der Waals surface area (Å²) in [5.74, 6) is -1.46. The van der Waals surface area contributed by atoms with Crippen LogP contribution in [0.5, 0.6) is 0 Å². The minimum absolute atomic E-state index is 0.00619. The largest absolute Gasteiger partial charge is 0.481 e. The molecular weight excluding hydrogens is 408 g/mol. The van der Waals surface area contributed by atoms with E-state index >= 15 is 0 Å². The van der Waals surface area contributed by atoms with E-state index in [9.17, 15) is 14.4 Å². The summed E-state index contributed by atoms with van der Waals surface area (Å²) in [6, 6.07) is 16.2. The number of carboxylic acid groups (broad SMARTS) is 1. The number of amides is 2. The second-order valence-corrected chi connectivity index (χ2v) is 8.27. The third kappa shape index (κ3) is 4.51. The molecule has 2 aliphatic carbocycles. The first-order valence-electron chi connectivity index (χ1n) is 10.7. The number of nitrogens with one attached hydrogen (secondary N) is 2. The lowest BCUT2D eigenvalue weighted by atomic mass is 9.80. The molecule has 1 saturated carbocycles. The molecule has 2 aliphatic rings. The van der Waals surface area contributed by atoms with Gasteiger partial charge < -0.3 is 20.5 Å². The minimum atomic E-state index is -0.824. The lowest BCUT2D eigenvalue weighted by molar-refractivity contribution is -0.146. The number of alkyl carbamates (subject to hydrolysis) is 1. The summed E-state index contributed by atoms with van der Waals surface area (Å²) in [5.41, 5.74) is 5.10.